The Labute approximate surface area is 843 Å². The van der Waals surface area contributed by atoms with Crippen molar-refractivity contribution in [2.24, 2.45) is 21.1 Å². The normalized spacial score (nSPS) is 17.7. The number of hydrogen-bond donors (Lipinski definition) is 3. The van der Waals surface area contributed by atoms with E-state index in [9.17, 15) is 43.2 Å². The smallest absolute Gasteiger partial charge is 0.326 e. The van der Waals surface area contributed by atoms with Gasteiger partial charge in [-0.2, -0.15) is 0 Å². The second-order valence-electron chi connectivity index (χ2n) is 39.7. The van der Waals surface area contributed by atoms with Gasteiger partial charge in [-0.15, -0.1) is 0 Å². The number of ether oxygens (including phenoxy) is 1. The zero-order valence-electron chi connectivity index (χ0n) is 83.9. The van der Waals surface area contributed by atoms with Crippen LogP contribution in [-0.2, 0) is 46.7 Å². The lowest BCUT2D eigenvalue weighted by Gasteiger charge is -2.49. The quantitative estimate of drug-likeness (QED) is 0.0956. The number of pyridine rings is 9. The zero-order chi connectivity index (χ0) is 103. The molecule has 6 atom stereocenters. The van der Waals surface area contributed by atoms with Gasteiger partial charge < -0.3 is 54.0 Å². The van der Waals surface area contributed by atoms with Gasteiger partial charge in [-0.3, -0.25) is 75.9 Å². The molecule has 3 saturated heterocycles. The number of aromatic amines is 3. The van der Waals surface area contributed by atoms with Gasteiger partial charge in [0.2, 0.25) is 23.5 Å². The highest BCUT2D eigenvalue weighted by Gasteiger charge is 2.48. The molecule has 21 rings (SSSR count). The Morgan fingerprint density at radius 1 is 0.417 bits per heavy atom. The number of nitrogens with one attached hydrogen (secondary N) is 3. The van der Waals surface area contributed by atoms with E-state index in [4.69, 9.17) is 69.4 Å². The van der Waals surface area contributed by atoms with E-state index in [0.717, 1.165) is 73.5 Å². The van der Waals surface area contributed by atoms with Crippen LogP contribution < -0.4 is 58.1 Å². The van der Waals surface area contributed by atoms with E-state index in [2.05, 4.69) is 58.3 Å². The van der Waals surface area contributed by atoms with Crippen molar-refractivity contribution in [3.05, 3.63) is 263 Å². The molecule has 3 aromatic carbocycles. The molecule has 12 aromatic heterocycles. The fraction of sp³-hybridized carbons (Fsp3) is 0.352. The number of rotatable bonds is 12. The number of H-pyrrole nitrogens is 3. The second kappa shape index (κ2) is 37.2. The highest BCUT2D eigenvalue weighted by atomic mass is 35.5. The van der Waals surface area contributed by atoms with E-state index in [1.807, 2.05) is 171 Å². The Balaban J connectivity index is 0.000000137. The van der Waals surface area contributed by atoms with Crippen molar-refractivity contribution < 1.29 is 23.9 Å². The summed E-state index contributed by atoms with van der Waals surface area (Å²) in [4.78, 5) is 187. The van der Waals surface area contributed by atoms with E-state index < -0.39 is 11.6 Å². The maximum Gasteiger partial charge on any atom is 0.326 e. The number of anilines is 4. The highest BCUT2D eigenvalue weighted by molar-refractivity contribution is 6.36. The molecule has 144 heavy (non-hydrogen) atoms. The SMILES string of the molecule is C=CC(=O)N1CC2C(=O)N(C)c3c(c4cc(Cl)c(-c5c(C)ccc6[nH]c(=O)n(C)c56)nc4n(-c4c(C)ccnc4C(C)C)c3=O)N2CC1C.C=CC(=O)N1CC2CCOc3c(c4cc(Cl)c(-c5c(C)ccc6[nH]c(=O)n(C)c56)nc4n(-c4c(C)ccnc4C(C)C)c3=O)N2CC1C.C=CC(=O)N1CC2CCc3c(c4cc(Cl)c(-c5c(C)ccc6[nH]c(=O)n(C)c56)nc4n(-c4c(C)ccnc4C(C)C)c3=O)N2CC1C. The summed E-state index contributed by atoms with van der Waals surface area (Å²) in [6.45, 7) is 43.7. The maximum absolute atomic E-state index is 15.1. The van der Waals surface area contributed by atoms with Crippen molar-refractivity contribution in [2.75, 3.05) is 72.5 Å². The zero-order valence-corrected chi connectivity index (χ0v) is 86.2. The average molecular weight is 2000 g/mol. The second-order valence-corrected chi connectivity index (χ2v) is 40.9. The first-order chi connectivity index (χ1) is 68.6. The minimum atomic E-state index is -0.744. The Hall–Kier alpha value is -14.8. The number of nitrogens with zero attached hydrogens (tertiary/aromatic N) is 19. The molecule has 0 radical (unpaired) electrons. The summed E-state index contributed by atoms with van der Waals surface area (Å²) in [5.41, 5.74) is 19.1. The van der Waals surface area contributed by atoms with Crippen molar-refractivity contribution in [3.8, 4) is 56.6 Å². The van der Waals surface area contributed by atoms with Crippen LogP contribution in [0.5, 0.6) is 5.75 Å². The largest absolute Gasteiger partial charge is 0.486 e. The molecule has 742 valence electrons. The minimum absolute atomic E-state index is 0.000530. The fourth-order valence-corrected chi connectivity index (χ4v) is 23.1. The third-order valence-corrected chi connectivity index (χ3v) is 30.4. The van der Waals surface area contributed by atoms with Crippen molar-refractivity contribution in [2.45, 2.75) is 177 Å². The Morgan fingerprint density at radius 2 is 0.764 bits per heavy atom. The van der Waals surface area contributed by atoms with Crippen LogP contribution in [0.2, 0.25) is 15.1 Å². The number of imidazole rings is 3. The number of fused-ring (bicyclic) bond motifs is 18. The molecule has 18 heterocycles. The molecule has 33 nitrogen and oxygen atoms in total. The minimum Gasteiger partial charge on any atom is -0.486 e. The van der Waals surface area contributed by atoms with Gasteiger partial charge in [-0.1, -0.05) is 114 Å². The predicted molar refractivity (Wildman–Crippen MR) is 568 cm³/mol. The van der Waals surface area contributed by atoms with Gasteiger partial charge in [0.25, 0.3) is 17.0 Å². The van der Waals surface area contributed by atoms with Crippen LogP contribution in [0, 0.1) is 41.5 Å². The van der Waals surface area contributed by atoms with E-state index >= 15 is 4.79 Å². The number of halogens is 3. The lowest BCUT2D eigenvalue weighted by molar-refractivity contribution is -0.131. The van der Waals surface area contributed by atoms with Crippen LogP contribution in [-0.4, -0.2) is 200 Å². The van der Waals surface area contributed by atoms with Gasteiger partial charge in [0.1, 0.15) is 23.0 Å². The molecule has 0 aliphatic carbocycles. The van der Waals surface area contributed by atoms with E-state index in [0.29, 0.717) is 190 Å². The molecule has 3 N–H and O–H groups in total. The Morgan fingerprint density at radius 3 is 1.15 bits per heavy atom. The summed E-state index contributed by atoms with van der Waals surface area (Å²) >= 11 is 21.6. The number of piperazine rings is 3. The van der Waals surface area contributed by atoms with Crippen LogP contribution in [0.4, 0.5) is 22.7 Å². The van der Waals surface area contributed by atoms with Gasteiger partial charge in [0.05, 0.1) is 136 Å². The fourth-order valence-electron chi connectivity index (χ4n) is 22.4. The molecule has 6 aliphatic heterocycles. The van der Waals surface area contributed by atoms with Crippen molar-refractivity contribution >= 4 is 147 Å². The van der Waals surface area contributed by atoms with E-state index in [1.165, 1.54) is 27.7 Å². The van der Waals surface area contributed by atoms with Gasteiger partial charge >= 0.3 is 22.6 Å². The molecule has 6 aliphatic rings. The molecule has 0 spiro atoms. The highest BCUT2D eigenvalue weighted by Crippen LogP contribution is 2.50. The number of hydrogen-bond acceptors (Lipinski definition) is 20. The van der Waals surface area contributed by atoms with Crippen LogP contribution in [0.3, 0.4) is 0 Å². The summed E-state index contributed by atoms with van der Waals surface area (Å²) in [5.74, 6) is -0.572. The molecule has 3 fully saturated rings. The topological polar surface area (TPSA) is 357 Å². The molecular formula is C108H113Cl3N22O11. The van der Waals surface area contributed by atoms with Crippen LogP contribution in [0.1, 0.15) is 149 Å². The van der Waals surface area contributed by atoms with E-state index in [-0.39, 0.29) is 118 Å². The molecule has 4 amide bonds. The molecular weight excluding hydrogens is 1890 g/mol. The van der Waals surface area contributed by atoms with Crippen molar-refractivity contribution in [1.82, 2.24) is 87.0 Å². The first kappa shape index (κ1) is 98.0. The number of benzene rings is 3. The van der Waals surface area contributed by atoms with Crippen LogP contribution in [0.15, 0.2) is 158 Å². The molecule has 0 bridgehead atoms. The summed E-state index contributed by atoms with van der Waals surface area (Å²) in [6.07, 6.45) is 11.1. The van der Waals surface area contributed by atoms with Gasteiger partial charge in [0.15, 0.2) is 5.65 Å². The van der Waals surface area contributed by atoms with Crippen LogP contribution in [0.25, 0.3) is 117 Å². The number of aryl methyl sites for hydroxylation is 9. The predicted octanol–water partition coefficient (Wildman–Crippen LogP) is 15.5. The first-order valence-electron chi connectivity index (χ1n) is 48.4. The third-order valence-electron chi connectivity index (χ3n) is 29.6. The summed E-state index contributed by atoms with van der Waals surface area (Å²) < 4.78 is 15.9. The summed E-state index contributed by atoms with van der Waals surface area (Å²) in [6, 6.07) is 21.2. The Kier molecular flexibility index (Phi) is 25.3. The average Bonchev–Trinajstić information content (AvgIpc) is 0.745. The molecule has 0 saturated carbocycles. The lowest BCUT2D eigenvalue weighted by Crippen LogP contribution is -2.66. The van der Waals surface area contributed by atoms with Gasteiger partial charge in [0, 0.05) is 149 Å². The standard InChI is InChI=1S/C36H37ClN8O4.C36H38ClN7O4.C36H38ClN7O3/c1-9-25(46)43-16-24-34(47)41(7)32-30(44(24)15-20(43)6)21-14-22(37)28(26-18(4)10-11-23-31(26)42(8)36(49)39-23)40-33(21)45(35(32)48)29-19(5)12-13-38-27(29)17(2)3;1-8-26(45)42-17-22-12-14-48-33-31(43(22)16-21(42)6)23-15-24(37)29(27-19(4)9-10-25-32(27)41(7)36(47)39-25)40-34(23)44(35(33)46)30-20(5)11-13-38-28(30)18(2)3;1-8-27(45)42-17-22-10-11-23-32(43(22)16-21(42)6)24-15-25(37)30(28-19(4)9-12-26-33(28)41(7)36(47)39-26)40-34(24)44(35(23)46)31-20(5)13-14-38-29(31)18(2)3/h9-14,17,20,24H,1,15-16H2,2-8H3,(H,39,49);8-11,13,15,18,21-22H,1,12,14,16-17H2,2-7H3,(H,39,47);8-9,12-15,18,21-22H,1,10-11,16-17H2,2-7H3,(H,39,47). The summed E-state index contributed by atoms with van der Waals surface area (Å²) in [5, 5.41) is 3.05. The molecule has 36 heteroatoms. The monoisotopic (exact) mass is 2000 g/mol. The lowest BCUT2D eigenvalue weighted by atomic mass is 9.91. The van der Waals surface area contributed by atoms with Crippen molar-refractivity contribution in [1.29, 1.82) is 0 Å². The Bertz CT molecular complexity index is 8480. The van der Waals surface area contributed by atoms with Gasteiger partial charge in [-0.05, 0) is 199 Å². The van der Waals surface area contributed by atoms with Crippen molar-refractivity contribution in [3.63, 3.8) is 0 Å². The van der Waals surface area contributed by atoms with E-state index in [1.54, 1.807) is 80.6 Å². The molecule has 15 aromatic rings. The first-order valence-corrected chi connectivity index (χ1v) is 49.5. The maximum atomic E-state index is 15.1. The molecule has 6 unspecified atom stereocenters. The number of likely N-dealkylation sites (N-methyl/N-ethyl adjacent to an activating group) is 1. The summed E-state index contributed by atoms with van der Waals surface area (Å²) in [7, 11) is 6.70. The van der Waals surface area contributed by atoms with Crippen LogP contribution >= 0.6 is 34.8 Å². The third kappa shape index (κ3) is 15.7. The number of carbonyl (C=O) groups is 4. The van der Waals surface area contributed by atoms with Gasteiger partial charge in [-0.25, -0.2) is 29.3 Å². The number of aromatic nitrogens is 15. The number of carbonyl (C=O) groups excluding carboxylic acids is 4. The number of amides is 4.